The summed E-state index contributed by atoms with van der Waals surface area (Å²) in [6, 6.07) is 7.39. The van der Waals surface area contributed by atoms with Gasteiger partial charge in [0.05, 0.1) is 10.6 Å². The predicted octanol–water partition coefficient (Wildman–Crippen LogP) is 1.98. The van der Waals surface area contributed by atoms with Gasteiger partial charge in [-0.15, -0.1) is 0 Å². The molecule has 0 bridgehead atoms. The summed E-state index contributed by atoms with van der Waals surface area (Å²) in [5.74, 6) is 0. The van der Waals surface area contributed by atoms with E-state index in [0.29, 0.717) is 29.3 Å². The molecule has 0 saturated carbocycles. The molecule has 1 heterocycles. The smallest absolute Gasteiger partial charge is 0.407 e. The van der Waals surface area contributed by atoms with E-state index in [1.54, 1.807) is 12.1 Å². The molecule has 88 valence electrons. The Morgan fingerprint density at radius 1 is 1.35 bits per heavy atom. The van der Waals surface area contributed by atoms with Crippen LogP contribution in [0.2, 0.25) is 5.02 Å². The van der Waals surface area contributed by atoms with Gasteiger partial charge in [0.15, 0.2) is 0 Å². The molecule has 17 heavy (non-hydrogen) atoms. The van der Waals surface area contributed by atoms with Gasteiger partial charge in [0, 0.05) is 24.1 Å². The summed E-state index contributed by atoms with van der Waals surface area (Å²) in [6.07, 6.45) is 0. The second kappa shape index (κ2) is 4.69. The molecule has 0 atom stereocenters. The van der Waals surface area contributed by atoms with Crippen molar-refractivity contribution >= 4 is 24.2 Å². The van der Waals surface area contributed by atoms with Crippen LogP contribution in [0.5, 0.6) is 0 Å². The molecule has 5 heteroatoms. The van der Waals surface area contributed by atoms with Crippen molar-refractivity contribution < 1.29 is 9.31 Å². The lowest BCUT2D eigenvalue weighted by atomic mass is 9.73. The minimum Gasteiger partial charge on any atom is -0.407 e. The van der Waals surface area contributed by atoms with Crippen LogP contribution in [0.25, 0.3) is 0 Å². The Morgan fingerprint density at radius 3 is 2.59 bits per heavy atom. The van der Waals surface area contributed by atoms with E-state index in [1.165, 1.54) is 0 Å². The van der Waals surface area contributed by atoms with Crippen LogP contribution in [0.15, 0.2) is 18.2 Å². The van der Waals surface area contributed by atoms with E-state index < -0.39 is 7.12 Å². The molecule has 0 radical (unpaired) electrons. The molecule has 1 aliphatic heterocycles. The molecular weight excluding hydrogens is 236 g/mol. The molecule has 0 aromatic heterocycles. The van der Waals surface area contributed by atoms with Gasteiger partial charge in [-0.05, 0) is 6.07 Å². The molecule has 1 aromatic carbocycles. The third kappa shape index (κ3) is 2.63. The number of rotatable bonds is 1. The van der Waals surface area contributed by atoms with Gasteiger partial charge in [-0.2, -0.15) is 5.26 Å². The van der Waals surface area contributed by atoms with E-state index in [2.05, 4.69) is 19.9 Å². The van der Waals surface area contributed by atoms with Crippen LogP contribution in [0.1, 0.15) is 19.4 Å². The van der Waals surface area contributed by atoms with Crippen molar-refractivity contribution in [2.45, 2.75) is 13.8 Å². The third-order valence-corrected chi connectivity index (χ3v) is 2.98. The highest BCUT2D eigenvalue weighted by atomic mass is 35.5. The largest absolute Gasteiger partial charge is 0.495 e. The molecule has 1 aliphatic rings. The van der Waals surface area contributed by atoms with Gasteiger partial charge in [-0.3, -0.25) is 0 Å². The summed E-state index contributed by atoms with van der Waals surface area (Å²) in [5.41, 5.74) is 1.15. The number of nitriles is 1. The zero-order chi connectivity index (χ0) is 12.5. The number of nitrogens with zero attached hydrogens (tertiary/aromatic N) is 1. The maximum absolute atomic E-state index is 9.09. The van der Waals surface area contributed by atoms with Crippen LogP contribution in [0, 0.1) is 16.7 Å². The van der Waals surface area contributed by atoms with Crippen molar-refractivity contribution in [1.82, 2.24) is 0 Å². The Labute approximate surface area is 106 Å². The van der Waals surface area contributed by atoms with E-state index in [0.717, 1.165) is 0 Å². The molecule has 1 saturated heterocycles. The molecular formula is C12H13BClNO2. The Hall–Kier alpha value is -1.02. The van der Waals surface area contributed by atoms with Gasteiger partial charge >= 0.3 is 7.12 Å². The molecule has 1 fully saturated rings. The second-order valence-corrected chi connectivity index (χ2v) is 5.34. The number of hydrogen-bond acceptors (Lipinski definition) is 3. The van der Waals surface area contributed by atoms with Crippen molar-refractivity contribution in [3.63, 3.8) is 0 Å². The summed E-state index contributed by atoms with van der Waals surface area (Å²) in [6.45, 7) is 5.36. The first kappa shape index (κ1) is 12.4. The van der Waals surface area contributed by atoms with Crippen molar-refractivity contribution in [1.29, 1.82) is 5.26 Å². The SMILES string of the molecule is CC1(C)COB(c2cccc(Cl)c2C#N)OC1. The topological polar surface area (TPSA) is 42.2 Å². The van der Waals surface area contributed by atoms with Crippen LogP contribution in [-0.2, 0) is 9.31 Å². The molecule has 0 unspecified atom stereocenters. The molecule has 0 spiro atoms. The number of halogens is 1. The van der Waals surface area contributed by atoms with Crippen LogP contribution >= 0.6 is 11.6 Å². The summed E-state index contributed by atoms with van der Waals surface area (Å²) in [5, 5.41) is 9.52. The number of hydrogen-bond donors (Lipinski definition) is 0. The average molecular weight is 250 g/mol. The van der Waals surface area contributed by atoms with E-state index >= 15 is 0 Å². The Bertz CT molecular complexity index is 460. The fourth-order valence-corrected chi connectivity index (χ4v) is 1.95. The summed E-state index contributed by atoms with van der Waals surface area (Å²) in [7, 11) is -0.489. The second-order valence-electron chi connectivity index (χ2n) is 4.93. The lowest BCUT2D eigenvalue weighted by molar-refractivity contribution is 0.0343. The van der Waals surface area contributed by atoms with Gasteiger partial charge < -0.3 is 9.31 Å². The van der Waals surface area contributed by atoms with Crippen LogP contribution in [-0.4, -0.2) is 20.3 Å². The fourth-order valence-electron chi connectivity index (χ4n) is 1.73. The zero-order valence-electron chi connectivity index (χ0n) is 9.87. The van der Waals surface area contributed by atoms with Crippen molar-refractivity contribution in [3.8, 4) is 6.07 Å². The minimum atomic E-state index is -0.489. The van der Waals surface area contributed by atoms with Crippen molar-refractivity contribution in [2.24, 2.45) is 5.41 Å². The summed E-state index contributed by atoms with van der Waals surface area (Å²) in [4.78, 5) is 0. The van der Waals surface area contributed by atoms with E-state index in [-0.39, 0.29) is 5.41 Å². The third-order valence-electron chi connectivity index (χ3n) is 2.66. The normalized spacial score (nSPS) is 18.8. The van der Waals surface area contributed by atoms with Crippen LogP contribution in [0.3, 0.4) is 0 Å². The molecule has 2 rings (SSSR count). The van der Waals surface area contributed by atoms with Crippen LogP contribution in [0.4, 0.5) is 0 Å². The zero-order valence-corrected chi connectivity index (χ0v) is 10.6. The van der Waals surface area contributed by atoms with Crippen LogP contribution < -0.4 is 5.46 Å². The van der Waals surface area contributed by atoms with E-state index in [4.69, 9.17) is 26.2 Å². The average Bonchev–Trinajstić information content (AvgIpc) is 2.29. The summed E-state index contributed by atoms with van der Waals surface area (Å²) < 4.78 is 11.3. The molecule has 3 nitrogen and oxygen atoms in total. The molecule has 0 N–H and O–H groups in total. The first-order chi connectivity index (χ1) is 8.03. The Morgan fingerprint density at radius 2 is 2.00 bits per heavy atom. The first-order valence-corrected chi connectivity index (χ1v) is 5.83. The van der Waals surface area contributed by atoms with E-state index in [9.17, 15) is 0 Å². The maximum atomic E-state index is 9.09. The molecule has 1 aromatic rings. The maximum Gasteiger partial charge on any atom is 0.495 e. The number of benzene rings is 1. The lowest BCUT2D eigenvalue weighted by Crippen LogP contribution is -2.48. The molecule has 0 aliphatic carbocycles. The van der Waals surface area contributed by atoms with Crippen molar-refractivity contribution in [2.75, 3.05) is 13.2 Å². The molecule has 0 amide bonds. The Balaban J connectivity index is 2.25. The monoisotopic (exact) mass is 249 g/mol. The lowest BCUT2D eigenvalue weighted by Gasteiger charge is -2.33. The highest BCUT2D eigenvalue weighted by Crippen LogP contribution is 2.22. The van der Waals surface area contributed by atoms with E-state index in [1.807, 2.05) is 6.07 Å². The van der Waals surface area contributed by atoms with Gasteiger partial charge in [-0.25, -0.2) is 0 Å². The van der Waals surface area contributed by atoms with Crippen molar-refractivity contribution in [3.05, 3.63) is 28.8 Å². The quantitative estimate of drug-likeness (QED) is 0.715. The predicted molar refractivity (Wildman–Crippen MR) is 67.2 cm³/mol. The van der Waals surface area contributed by atoms with Gasteiger partial charge in [0.1, 0.15) is 6.07 Å². The van der Waals surface area contributed by atoms with Gasteiger partial charge in [-0.1, -0.05) is 37.6 Å². The summed E-state index contributed by atoms with van der Waals surface area (Å²) >= 11 is 5.97. The minimum absolute atomic E-state index is 0.0158. The van der Waals surface area contributed by atoms with Gasteiger partial charge in [0.25, 0.3) is 0 Å². The highest BCUT2D eigenvalue weighted by Gasteiger charge is 2.35. The highest BCUT2D eigenvalue weighted by molar-refractivity contribution is 6.62. The fraction of sp³-hybridized carbons (Fsp3) is 0.417. The van der Waals surface area contributed by atoms with Gasteiger partial charge in [0.2, 0.25) is 0 Å². The Kier molecular flexibility index (Phi) is 3.44. The standard InChI is InChI=1S/C12H13BClNO2/c1-12(2)7-16-13(17-8-12)10-4-3-5-11(14)9(10)6-15/h3-5H,7-8H2,1-2H3. The first-order valence-electron chi connectivity index (χ1n) is 5.45.